The second kappa shape index (κ2) is 15.3. The second-order valence-electron chi connectivity index (χ2n) is 11.0. The summed E-state index contributed by atoms with van der Waals surface area (Å²) in [6.45, 7) is 0.673. The molecule has 226 valence electrons. The van der Waals surface area contributed by atoms with E-state index < -0.39 is 17.9 Å². The first-order valence-electron chi connectivity index (χ1n) is 14.7. The Balaban J connectivity index is 0.00000163. The topological polar surface area (TPSA) is 130 Å². The Morgan fingerprint density at radius 3 is 2.06 bits per heavy atom. The van der Waals surface area contributed by atoms with Gasteiger partial charge in [-0.15, -0.1) is 10.2 Å². The molecular weight excluding hydrogens is 612 g/mol. The van der Waals surface area contributed by atoms with Crippen LogP contribution in [0.4, 0.5) is 0 Å². The van der Waals surface area contributed by atoms with Crippen molar-refractivity contribution in [3.05, 3.63) is 144 Å². The summed E-state index contributed by atoms with van der Waals surface area (Å²) in [4.78, 5) is 33.3. The van der Waals surface area contributed by atoms with E-state index in [1.54, 1.807) is 6.33 Å². The summed E-state index contributed by atoms with van der Waals surface area (Å²) in [5.41, 5.74) is 6.66. The van der Waals surface area contributed by atoms with Gasteiger partial charge in [-0.25, -0.2) is 9.78 Å². The van der Waals surface area contributed by atoms with Gasteiger partial charge in [-0.05, 0) is 33.0 Å². The van der Waals surface area contributed by atoms with Gasteiger partial charge in [0.2, 0.25) is 11.7 Å². The molecule has 7 rings (SSSR count). The largest absolute Gasteiger partial charge is 1.00 e. The maximum atomic E-state index is 14.3. The molecule has 0 spiro atoms. The summed E-state index contributed by atoms with van der Waals surface area (Å²) in [6, 6.07) is 33.8. The van der Waals surface area contributed by atoms with Gasteiger partial charge in [0.05, 0.1) is 23.6 Å². The molecule has 1 amide bonds. The van der Waals surface area contributed by atoms with Crippen molar-refractivity contribution in [2.45, 2.75) is 24.9 Å². The number of amides is 1. The monoisotopic (exact) mass is 643 g/mol. The number of nitrogens with zero attached hydrogens (tertiary/aromatic N) is 6. The Kier molecular flexibility index (Phi) is 11.2. The van der Waals surface area contributed by atoms with Crippen molar-refractivity contribution in [3.8, 4) is 22.5 Å². The van der Waals surface area contributed by atoms with Crippen LogP contribution in [-0.2, 0) is 22.6 Å². The van der Waals surface area contributed by atoms with Crippen LogP contribution in [-0.4, -0.2) is 58.6 Å². The number of rotatable bonds is 8. The second-order valence-corrected chi connectivity index (χ2v) is 11.0. The van der Waals surface area contributed by atoms with Crippen molar-refractivity contribution in [1.82, 2.24) is 35.1 Å². The van der Waals surface area contributed by atoms with Gasteiger partial charge in [-0.2, -0.15) is 5.21 Å². The van der Waals surface area contributed by atoms with E-state index in [4.69, 9.17) is 0 Å². The fourth-order valence-corrected chi connectivity index (χ4v) is 6.18. The van der Waals surface area contributed by atoms with Crippen molar-refractivity contribution in [3.63, 3.8) is 0 Å². The molecule has 47 heavy (non-hydrogen) atoms. The number of hydrogen-bond donors (Lipinski definition) is 2. The van der Waals surface area contributed by atoms with Crippen LogP contribution in [0.15, 0.2) is 116 Å². The SMILES string of the molecule is O=C(O)C1c2c(ncn2Cc2ccc(-c3ccccc3-c3nn[nH]n3)cc2)CCN1C(=O)C(c1ccccc1)c1ccccc1.[H-].[H-].[Na+].[Na+]. The predicted molar refractivity (Wildman–Crippen MR) is 169 cm³/mol. The van der Waals surface area contributed by atoms with Gasteiger partial charge < -0.3 is 17.4 Å². The van der Waals surface area contributed by atoms with Crippen molar-refractivity contribution in [2.24, 2.45) is 0 Å². The van der Waals surface area contributed by atoms with Crippen LogP contribution >= 0.6 is 0 Å². The molecule has 1 aliphatic rings. The molecule has 2 aromatic heterocycles. The Morgan fingerprint density at radius 2 is 1.47 bits per heavy atom. The van der Waals surface area contributed by atoms with Crippen LogP contribution in [0.3, 0.4) is 0 Å². The zero-order valence-electron chi connectivity index (χ0n) is 28.2. The maximum Gasteiger partial charge on any atom is 1.00 e. The summed E-state index contributed by atoms with van der Waals surface area (Å²) >= 11 is 0. The molecule has 0 aliphatic carbocycles. The third kappa shape index (κ3) is 7.03. The molecule has 2 N–H and O–H groups in total. The molecule has 0 radical (unpaired) electrons. The van der Waals surface area contributed by atoms with E-state index >= 15 is 0 Å². The van der Waals surface area contributed by atoms with E-state index in [2.05, 4.69) is 25.6 Å². The van der Waals surface area contributed by atoms with Crippen molar-refractivity contribution >= 4 is 11.9 Å². The number of tetrazole rings is 1. The maximum absolute atomic E-state index is 14.3. The number of carbonyl (C=O) groups excluding carboxylic acids is 1. The van der Waals surface area contributed by atoms with Gasteiger partial charge >= 0.3 is 65.1 Å². The Bertz CT molecular complexity index is 1920. The standard InChI is InChI=1S/C35H29N7O3.2Na.2H/c43-34(30(25-9-3-1-4-10-25)26-11-5-2-6-12-26)42-20-19-29-31(32(42)35(44)45)41(22-36-29)21-23-15-17-24(18-16-23)27-13-7-8-14-28(27)33-37-39-40-38-33;;;;/h1-18,22,30,32H,19-21H2,(H,44,45)(H,37,38,39,40);;;;/q;2*+1;2*-1. The van der Waals surface area contributed by atoms with Gasteiger partial charge in [0.25, 0.3) is 0 Å². The van der Waals surface area contributed by atoms with E-state index in [-0.39, 0.29) is 74.4 Å². The zero-order chi connectivity index (χ0) is 30.8. The smallest absolute Gasteiger partial charge is 1.00 e. The molecule has 1 atom stereocenters. The minimum absolute atomic E-state index is 0. The summed E-state index contributed by atoms with van der Waals surface area (Å²) in [6.07, 6.45) is 2.15. The minimum Gasteiger partial charge on any atom is -1.00 e. The van der Waals surface area contributed by atoms with Crippen molar-refractivity contribution in [1.29, 1.82) is 0 Å². The molecule has 1 unspecified atom stereocenters. The first-order chi connectivity index (χ1) is 22.1. The Morgan fingerprint density at radius 1 is 0.851 bits per heavy atom. The first kappa shape index (κ1) is 34.4. The molecule has 1 aliphatic heterocycles. The zero-order valence-corrected chi connectivity index (χ0v) is 30.2. The molecule has 0 fully saturated rings. The van der Waals surface area contributed by atoms with Crippen LogP contribution in [0.25, 0.3) is 22.5 Å². The number of carboxylic acid groups (broad SMARTS) is 1. The quantitative estimate of drug-likeness (QED) is 0.211. The van der Waals surface area contributed by atoms with Crippen molar-refractivity contribution < 1.29 is 76.7 Å². The van der Waals surface area contributed by atoms with Gasteiger partial charge in [-0.1, -0.05) is 109 Å². The van der Waals surface area contributed by atoms with Crippen LogP contribution in [0, 0.1) is 0 Å². The number of H-pyrrole nitrogens is 1. The summed E-state index contributed by atoms with van der Waals surface area (Å²) in [5.74, 6) is -1.45. The number of aromatic amines is 1. The van der Waals surface area contributed by atoms with Crippen LogP contribution < -0.4 is 59.1 Å². The van der Waals surface area contributed by atoms with Crippen molar-refractivity contribution in [2.75, 3.05) is 6.54 Å². The van der Waals surface area contributed by atoms with E-state index in [1.165, 1.54) is 4.90 Å². The number of nitrogens with one attached hydrogen (secondary N) is 1. The fraction of sp³-hybridized carbons (Fsp3) is 0.143. The fourth-order valence-electron chi connectivity index (χ4n) is 6.18. The summed E-state index contributed by atoms with van der Waals surface area (Å²) in [7, 11) is 0. The van der Waals surface area contributed by atoms with Gasteiger partial charge in [0, 0.05) is 25.1 Å². The summed E-state index contributed by atoms with van der Waals surface area (Å²) < 4.78 is 1.86. The third-order valence-electron chi connectivity index (χ3n) is 8.28. The molecule has 4 aromatic carbocycles. The number of benzene rings is 4. The average Bonchev–Trinajstić information content (AvgIpc) is 3.77. The molecule has 0 bridgehead atoms. The molecule has 6 aromatic rings. The van der Waals surface area contributed by atoms with Gasteiger partial charge in [0.15, 0.2) is 6.04 Å². The first-order valence-corrected chi connectivity index (χ1v) is 14.7. The van der Waals surface area contributed by atoms with E-state index in [0.29, 0.717) is 30.2 Å². The average molecular weight is 644 g/mol. The number of aromatic nitrogens is 6. The normalized spacial score (nSPS) is 13.7. The molecule has 10 nitrogen and oxygen atoms in total. The Hall–Kier alpha value is -3.90. The number of carbonyl (C=O) groups is 2. The number of hydrogen-bond acceptors (Lipinski definition) is 6. The van der Waals surface area contributed by atoms with Crippen LogP contribution in [0.1, 0.15) is 42.9 Å². The molecule has 3 heterocycles. The predicted octanol–water partition coefficient (Wildman–Crippen LogP) is -0.646. The number of fused-ring (bicyclic) bond motifs is 1. The molecule has 0 saturated heterocycles. The Labute approximate surface area is 318 Å². The van der Waals surface area contributed by atoms with E-state index in [0.717, 1.165) is 33.4 Å². The van der Waals surface area contributed by atoms with E-state index in [9.17, 15) is 14.7 Å². The minimum atomic E-state index is -1.17. The van der Waals surface area contributed by atoms with Gasteiger partial charge in [0.1, 0.15) is 0 Å². The number of carboxylic acids is 1. The summed E-state index contributed by atoms with van der Waals surface area (Å²) in [5, 5.41) is 25.0. The molecular formula is C35H31N7Na2O3. The number of aliphatic carboxylic acids is 1. The van der Waals surface area contributed by atoms with Crippen LogP contribution in [0.2, 0.25) is 0 Å². The third-order valence-corrected chi connectivity index (χ3v) is 8.28. The van der Waals surface area contributed by atoms with Crippen LogP contribution in [0.5, 0.6) is 0 Å². The number of imidazole rings is 1. The molecule has 0 saturated carbocycles. The molecule has 12 heteroatoms. The van der Waals surface area contributed by atoms with E-state index in [1.807, 2.05) is 114 Å². The van der Waals surface area contributed by atoms with Gasteiger partial charge in [-0.3, -0.25) is 4.79 Å².